The van der Waals surface area contributed by atoms with Crippen molar-refractivity contribution in [2.75, 3.05) is 47.7 Å². The first-order valence-electron chi connectivity index (χ1n) is 12.1. The molecule has 2 rings (SSSR count). The third-order valence-electron chi connectivity index (χ3n) is 6.59. The third kappa shape index (κ3) is 7.50. The Morgan fingerprint density at radius 1 is 0.943 bits per heavy atom. The van der Waals surface area contributed by atoms with E-state index in [1.165, 1.54) is 0 Å². The lowest BCUT2D eigenvalue weighted by molar-refractivity contribution is 0.260. The van der Waals surface area contributed by atoms with Crippen molar-refractivity contribution in [1.82, 2.24) is 5.32 Å². The van der Waals surface area contributed by atoms with Crippen LogP contribution in [0.1, 0.15) is 44.2 Å². The maximum Gasteiger partial charge on any atom is 0.161 e. The van der Waals surface area contributed by atoms with Crippen molar-refractivity contribution in [3.63, 3.8) is 0 Å². The molecule has 0 saturated heterocycles. The van der Waals surface area contributed by atoms with Gasteiger partial charge in [0.1, 0.15) is 13.3 Å². The molecule has 0 aliphatic rings. The molecule has 0 amide bonds. The standard InChI is InChI=1S/C28H39FN2O4/c1-21(2)28(13-15-30,23-8-10-24(32-3)27(20-23)34-5)12-6-16-31-17-11-22-7-9-25(35-18-14-29)26(19-22)33-4/h7-10,19-21,31H,6,11-14,16-18H2,1-5H3. The molecule has 0 spiro atoms. The van der Waals surface area contributed by atoms with E-state index in [4.69, 9.17) is 18.9 Å². The lowest BCUT2D eigenvalue weighted by Gasteiger charge is -2.37. The summed E-state index contributed by atoms with van der Waals surface area (Å²) in [5.74, 6) is 2.82. The van der Waals surface area contributed by atoms with E-state index in [2.05, 4.69) is 31.3 Å². The minimum absolute atomic E-state index is 0.0181. The molecule has 1 atom stereocenters. The summed E-state index contributed by atoms with van der Waals surface area (Å²) in [6.07, 6.45) is 3.10. The van der Waals surface area contributed by atoms with E-state index in [1.807, 2.05) is 30.3 Å². The normalized spacial score (nSPS) is 12.6. The molecule has 0 bridgehead atoms. The van der Waals surface area contributed by atoms with Gasteiger partial charge in [0.05, 0.1) is 27.4 Å². The summed E-state index contributed by atoms with van der Waals surface area (Å²) in [6.45, 7) is 5.50. The van der Waals surface area contributed by atoms with Crippen LogP contribution in [0.4, 0.5) is 4.39 Å². The van der Waals surface area contributed by atoms with Gasteiger partial charge in [-0.05, 0) is 73.7 Å². The average molecular weight is 487 g/mol. The van der Waals surface area contributed by atoms with E-state index in [-0.39, 0.29) is 17.9 Å². The Balaban J connectivity index is 1.97. The largest absolute Gasteiger partial charge is 0.493 e. The number of hydrogen-bond donors (Lipinski definition) is 1. The Labute approximate surface area is 209 Å². The van der Waals surface area contributed by atoms with Crippen molar-refractivity contribution in [2.24, 2.45) is 5.92 Å². The van der Waals surface area contributed by atoms with Gasteiger partial charge in [-0.2, -0.15) is 5.26 Å². The first kappa shape index (κ1) is 28.3. The highest BCUT2D eigenvalue weighted by molar-refractivity contribution is 5.46. The van der Waals surface area contributed by atoms with Gasteiger partial charge in [0.15, 0.2) is 23.0 Å². The summed E-state index contributed by atoms with van der Waals surface area (Å²) in [4.78, 5) is 0. The van der Waals surface area contributed by atoms with Gasteiger partial charge in [0.25, 0.3) is 0 Å². The van der Waals surface area contributed by atoms with Gasteiger partial charge >= 0.3 is 0 Å². The van der Waals surface area contributed by atoms with E-state index in [1.54, 1.807) is 21.3 Å². The van der Waals surface area contributed by atoms with E-state index >= 15 is 0 Å². The van der Waals surface area contributed by atoms with Crippen molar-refractivity contribution >= 4 is 0 Å². The number of nitriles is 1. The number of halogens is 1. The van der Waals surface area contributed by atoms with Crippen molar-refractivity contribution in [1.29, 1.82) is 5.26 Å². The molecule has 1 unspecified atom stereocenters. The Hall–Kier alpha value is -2.98. The molecule has 0 saturated carbocycles. The number of nitrogens with zero attached hydrogens (tertiary/aromatic N) is 1. The van der Waals surface area contributed by atoms with Gasteiger partial charge in [-0.3, -0.25) is 0 Å². The Kier molecular flexibility index (Phi) is 11.6. The van der Waals surface area contributed by atoms with Gasteiger partial charge in [-0.25, -0.2) is 4.39 Å². The molecule has 0 fully saturated rings. The summed E-state index contributed by atoms with van der Waals surface area (Å²) in [6, 6.07) is 14.1. The molecule has 0 radical (unpaired) electrons. The molecule has 6 nitrogen and oxygen atoms in total. The first-order chi connectivity index (χ1) is 16.9. The number of methoxy groups -OCH3 is 3. The number of ether oxygens (including phenoxy) is 4. The van der Waals surface area contributed by atoms with Gasteiger partial charge in [-0.15, -0.1) is 0 Å². The van der Waals surface area contributed by atoms with E-state index < -0.39 is 6.67 Å². The molecule has 1 N–H and O–H groups in total. The predicted molar refractivity (Wildman–Crippen MR) is 137 cm³/mol. The third-order valence-corrected chi connectivity index (χ3v) is 6.59. The topological polar surface area (TPSA) is 72.7 Å². The highest BCUT2D eigenvalue weighted by Gasteiger charge is 2.35. The predicted octanol–water partition coefficient (Wildman–Crippen LogP) is 5.48. The van der Waals surface area contributed by atoms with Gasteiger partial charge < -0.3 is 24.3 Å². The Morgan fingerprint density at radius 2 is 1.63 bits per heavy atom. The molecule has 0 aliphatic carbocycles. The number of nitrogens with one attached hydrogen (secondary N) is 1. The Bertz CT molecular complexity index is 960. The van der Waals surface area contributed by atoms with Gasteiger partial charge in [-0.1, -0.05) is 26.0 Å². The highest BCUT2D eigenvalue weighted by atomic mass is 19.1. The zero-order valence-electron chi connectivity index (χ0n) is 21.7. The second-order valence-corrected chi connectivity index (χ2v) is 8.84. The molecular weight excluding hydrogens is 447 g/mol. The van der Waals surface area contributed by atoms with Gasteiger partial charge in [0.2, 0.25) is 0 Å². The number of benzene rings is 2. The van der Waals surface area contributed by atoms with Crippen LogP contribution in [0.2, 0.25) is 0 Å². The molecule has 2 aromatic rings. The van der Waals surface area contributed by atoms with Crippen LogP contribution in [0.3, 0.4) is 0 Å². The highest BCUT2D eigenvalue weighted by Crippen LogP contribution is 2.43. The molecular formula is C28H39FN2O4. The quantitative estimate of drug-likeness (QED) is 0.317. The summed E-state index contributed by atoms with van der Waals surface area (Å²) >= 11 is 0. The molecule has 0 aromatic heterocycles. The van der Waals surface area contributed by atoms with Crippen molar-refractivity contribution in [2.45, 2.75) is 44.9 Å². The van der Waals surface area contributed by atoms with Crippen LogP contribution in [0.25, 0.3) is 0 Å². The van der Waals surface area contributed by atoms with Crippen LogP contribution < -0.4 is 24.3 Å². The molecule has 0 heterocycles. The SMILES string of the molecule is COc1ccc(C(CC#N)(CCCNCCc2ccc(OCCF)c(OC)c2)C(C)C)cc1OC. The van der Waals surface area contributed by atoms with Crippen LogP contribution in [-0.4, -0.2) is 47.7 Å². The monoisotopic (exact) mass is 486 g/mol. The van der Waals surface area contributed by atoms with E-state index in [9.17, 15) is 9.65 Å². The fourth-order valence-corrected chi connectivity index (χ4v) is 4.47. The maximum absolute atomic E-state index is 12.4. The van der Waals surface area contributed by atoms with Crippen LogP contribution >= 0.6 is 0 Å². The number of alkyl halides is 1. The summed E-state index contributed by atoms with van der Waals surface area (Å²) in [5, 5.41) is 13.2. The molecule has 0 aliphatic heterocycles. The van der Waals surface area contributed by atoms with E-state index in [0.29, 0.717) is 29.4 Å². The minimum atomic E-state index is -0.534. The molecule has 35 heavy (non-hydrogen) atoms. The lowest BCUT2D eigenvalue weighted by Crippen LogP contribution is -2.33. The van der Waals surface area contributed by atoms with Crippen LogP contribution in [0.5, 0.6) is 23.0 Å². The zero-order chi connectivity index (χ0) is 25.7. The van der Waals surface area contributed by atoms with Crippen LogP contribution in [0.15, 0.2) is 36.4 Å². The lowest BCUT2D eigenvalue weighted by atomic mass is 9.67. The second kappa shape index (κ2) is 14.4. The Morgan fingerprint density at radius 3 is 2.26 bits per heavy atom. The van der Waals surface area contributed by atoms with Gasteiger partial charge in [0, 0.05) is 11.8 Å². The molecule has 2 aromatic carbocycles. The average Bonchev–Trinajstić information content (AvgIpc) is 2.88. The van der Waals surface area contributed by atoms with E-state index in [0.717, 1.165) is 43.5 Å². The number of rotatable bonds is 16. The summed E-state index contributed by atoms with van der Waals surface area (Å²) in [7, 11) is 4.84. The van der Waals surface area contributed by atoms with Crippen molar-refractivity contribution < 1.29 is 23.3 Å². The minimum Gasteiger partial charge on any atom is -0.493 e. The molecule has 192 valence electrons. The van der Waals surface area contributed by atoms with Crippen LogP contribution in [-0.2, 0) is 11.8 Å². The number of hydrogen-bond acceptors (Lipinski definition) is 6. The fraction of sp³-hybridized carbons (Fsp3) is 0.536. The first-order valence-corrected chi connectivity index (χ1v) is 12.1. The van der Waals surface area contributed by atoms with Crippen molar-refractivity contribution in [3.05, 3.63) is 47.5 Å². The summed E-state index contributed by atoms with van der Waals surface area (Å²) < 4.78 is 34.0. The van der Waals surface area contributed by atoms with Crippen LogP contribution in [0, 0.1) is 17.2 Å². The molecule has 7 heteroatoms. The maximum atomic E-state index is 12.4. The fourth-order valence-electron chi connectivity index (χ4n) is 4.47. The zero-order valence-corrected chi connectivity index (χ0v) is 21.7. The summed E-state index contributed by atoms with van der Waals surface area (Å²) in [5.41, 5.74) is 1.96. The van der Waals surface area contributed by atoms with Crippen molar-refractivity contribution in [3.8, 4) is 29.1 Å². The smallest absolute Gasteiger partial charge is 0.161 e. The second-order valence-electron chi connectivity index (χ2n) is 8.84.